The highest BCUT2D eigenvalue weighted by atomic mass is 16.5. The van der Waals surface area contributed by atoms with Crippen molar-refractivity contribution in [2.24, 2.45) is 0 Å². The molecule has 0 aliphatic carbocycles. The van der Waals surface area contributed by atoms with Gasteiger partial charge in [-0.2, -0.15) is 4.98 Å². The van der Waals surface area contributed by atoms with Crippen LogP contribution in [0.2, 0.25) is 0 Å². The molecule has 1 aliphatic rings. The summed E-state index contributed by atoms with van der Waals surface area (Å²) < 4.78 is 10.7. The quantitative estimate of drug-likeness (QED) is 0.672. The van der Waals surface area contributed by atoms with Gasteiger partial charge in [-0.1, -0.05) is 5.16 Å². The van der Waals surface area contributed by atoms with Crippen LogP contribution in [0.1, 0.15) is 36.8 Å². The SMILES string of the molecule is O=C(CCN1CCC[C@H](c2nc(-c3cccnc3)no2)C1)NCc1ccco1. The smallest absolute Gasteiger partial charge is 0.231 e. The molecule has 1 atom stereocenters. The molecular weight excluding hydrogens is 358 g/mol. The van der Waals surface area contributed by atoms with Crippen LogP contribution in [0.4, 0.5) is 0 Å². The van der Waals surface area contributed by atoms with Crippen molar-refractivity contribution in [1.29, 1.82) is 0 Å². The molecule has 1 aliphatic heterocycles. The molecule has 8 nitrogen and oxygen atoms in total. The van der Waals surface area contributed by atoms with E-state index >= 15 is 0 Å². The Morgan fingerprint density at radius 2 is 2.29 bits per heavy atom. The summed E-state index contributed by atoms with van der Waals surface area (Å²) in [5.41, 5.74) is 0.846. The average Bonchev–Trinajstić information content (AvgIpc) is 3.44. The van der Waals surface area contributed by atoms with Crippen molar-refractivity contribution >= 4 is 5.91 Å². The minimum Gasteiger partial charge on any atom is -0.467 e. The number of rotatable bonds is 7. The Morgan fingerprint density at radius 1 is 1.32 bits per heavy atom. The van der Waals surface area contributed by atoms with Gasteiger partial charge in [-0.15, -0.1) is 0 Å². The number of amides is 1. The number of furan rings is 1. The highest BCUT2D eigenvalue weighted by Crippen LogP contribution is 2.27. The molecule has 0 spiro atoms. The first-order valence-electron chi connectivity index (χ1n) is 9.53. The zero-order valence-electron chi connectivity index (χ0n) is 15.6. The van der Waals surface area contributed by atoms with Crippen LogP contribution >= 0.6 is 0 Å². The van der Waals surface area contributed by atoms with Crippen LogP contribution in [0, 0.1) is 0 Å². The van der Waals surface area contributed by atoms with Crippen molar-refractivity contribution < 1.29 is 13.7 Å². The van der Waals surface area contributed by atoms with Crippen molar-refractivity contribution in [2.45, 2.75) is 31.7 Å². The van der Waals surface area contributed by atoms with E-state index in [4.69, 9.17) is 8.94 Å². The lowest BCUT2D eigenvalue weighted by molar-refractivity contribution is -0.121. The molecule has 0 bridgehead atoms. The van der Waals surface area contributed by atoms with Gasteiger partial charge in [0, 0.05) is 37.5 Å². The first-order valence-corrected chi connectivity index (χ1v) is 9.53. The normalized spacial score (nSPS) is 17.5. The summed E-state index contributed by atoms with van der Waals surface area (Å²) in [6.07, 6.45) is 7.56. The van der Waals surface area contributed by atoms with Crippen molar-refractivity contribution in [2.75, 3.05) is 19.6 Å². The summed E-state index contributed by atoms with van der Waals surface area (Å²) >= 11 is 0. The Balaban J connectivity index is 1.27. The largest absolute Gasteiger partial charge is 0.467 e. The summed E-state index contributed by atoms with van der Waals surface area (Å²) in [6, 6.07) is 7.42. The number of nitrogens with zero attached hydrogens (tertiary/aromatic N) is 4. The second kappa shape index (κ2) is 8.79. The summed E-state index contributed by atoms with van der Waals surface area (Å²) in [6.45, 7) is 2.93. The third-order valence-electron chi connectivity index (χ3n) is 4.91. The fourth-order valence-corrected chi connectivity index (χ4v) is 3.42. The van der Waals surface area contributed by atoms with Crippen LogP contribution in [-0.4, -0.2) is 45.6 Å². The second-order valence-corrected chi connectivity index (χ2v) is 6.94. The van der Waals surface area contributed by atoms with Gasteiger partial charge >= 0.3 is 0 Å². The number of piperidine rings is 1. The van der Waals surface area contributed by atoms with E-state index in [2.05, 4.69) is 25.3 Å². The molecule has 0 unspecified atom stereocenters. The molecular formula is C20H23N5O3. The van der Waals surface area contributed by atoms with E-state index in [0.717, 1.165) is 37.3 Å². The summed E-state index contributed by atoms with van der Waals surface area (Å²) in [5, 5.41) is 6.97. The minimum atomic E-state index is 0.0233. The highest BCUT2D eigenvalue weighted by molar-refractivity contribution is 5.75. The molecule has 1 fully saturated rings. The van der Waals surface area contributed by atoms with Gasteiger partial charge in [0.2, 0.25) is 17.6 Å². The van der Waals surface area contributed by atoms with E-state index in [-0.39, 0.29) is 11.8 Å². The number of pyridine rings is 1. The minimum absolute atomic E-state index is 0.0233. The topological polar surface area (TPSA) is 97.3 Å². The molecule has 3 aromatic rings. The van der Waals surface area contributed by atoms with Gasteiger partial charge in [0.15, 0.2) is 0 Å². The Labute approximate surface area is 162 Å². The van der Waals surface area contributed by atoms with Gasteiger partial charge in [0.1, 0.15) is 5.76 Å². The fraction of sp³-hybridized carbons (Fsp3) is 0.400. The van der Waals surface area contributed by atoms with Gasteiger partial charge in [-0.3, -0.25) is 9.78 Å². The van der Waals surface area contributed by atoms with E-state index in [9.17, 15) is 4.79 Å². The summed E-state index contributed by atoms with van der Waals surface area (Å²) in [4.78, 5) is 23.0. The van der Waals surface area contributed by atoms with E-state index < -0.39 is 0 Å². The lowest BCUT2D eigenvalue weighted by atomic mass is 9.98. The average molecular weight is 381 g/mol. The van der Waals surface area contributed by atoms with Crippen molar-refractivity contribution in [3.8, 4) is 11.4 Å². The highest BCUT2D eigenvalue weighted by Gasteiger charge is 2.26. The van der Waals surface area contributed by atoms with Crippen LogP contribution < -0.4 is 5.32 Å². The summed E-state index contributed by atoms with van der Waals surface area (Å²) in [7, 11) is 0. The van der Waals surface area contributed by atoms with E-state index in [0.29, 0.717) is 31.2 Å². The zero-order valence-corrected chi connectivity index (χ0v) is 15.6. The van der Waals surface area contributed by atoms with E-state index in [1.165, 1.54) is 0 Å². The third kappa shape index (κ3) is 4.64. The number of carbonyl (C=O) groups excluding carboxylic acids is 1. The Kier molecular flexibility index (Phi) is 5.77. The molecule has 146 valence electrons. The Morgan fingerprint density at radius 3 is 3.11 bits per heavy atom. The van der Waals surface area contributed by atoms with E-state index in [1.54, 1.807) is 18.7 Å². The van der Waals surface area contributed by atoms with Crippen LogP contribution in [0.25, 0.3) is 11.4 Å². The maximum atomic E-state index is 12.1. The van der Waals surface area contributed by atoms with Crippen molar-refractivity contribution in [3.05, 3.63) is 54.6 Å². The lowest BCUT2D eigenvalue weighted by Crippen LogP contribution is -2.37. The van der Waals surface area contributed by atoms with E-state index in [1.807, 2.05) is 24.3 Å². The first kappa shape index (κ1) is 18.4. The van der Waals surface area contributed by atoms with Crippen LogP contribution in [0.3, 0.4) is 0 Å². The molecule has 1 saturated heterocycles. The van der Waals surface area contributed by atoms with Gasteiger partial charge in [-0.05, 0) is 43.7 Å². The number of carbonyl (C=O) groups is 1. The Bertz CT molecular complexity index is 878. The number of aromatic nitrogens is 3. The fourth-order valence-electron chi connectivity index (χ4n) is 3.42. The third-order valence-corrected chi connectivity index (χ3v) is 4.91. The lowest BCUT2D eigenvalue weighted by Gasteiger charge is -2.30. The van der Waals surface area contributed by atoms with Crippen molar-refractivity contribution in [3.63, 3.8) is 0 Å². The molecule has 4 rings (SSSR count). The van der Waals surface area contributed by atoms with Gasteiger partial charge in [0.25, 0.3) is 0 Å². The molecule has 1 amide bonds. The van der Waals surface area contributed by atoms with Crippen LogP contribution in [0.15, 0.2) is 51.9 Å². The number of likely N-dealkylation sites (tertiary alicyclic amines) is 1. The number of hydrogen-bond donors (Lipinski definition) is 1. The molecule has 4 heterocycles. The molecule has 28 heavy (non-hydrogen) atoms. The second-order valence-electron chi connectivity index (χ2n) is 6.94. The number of nitrogens with one attached hydrogen (secondary N) is 1. The van der Waals surface area contributed by atoms with Gasteiger partial charge in [-0.25, -0.2) is 0 Å². The van der Waals surface area contributed by atoms with Gasteiger partial charge in [0.05, 0.1) is 18.7 Å². The molecule has 1 N–H and O–H groups in total. The molecule has 0 aromatic carbocycles. The molecule has 0 saturated carbocycles. The van der Waals surface area contributed by atoms with Crippen LogP contribution in [-0.2, 0) is 11.3 Å². The monoisotopic (exact) mass is 381 g/mol. The van der Waals surface area contributed by atoms with Crippen LogP contribution in [0.5, 0.6) is 0 Å². The van der Waals surface area contributed by atoms with Crippen molar-refractivity contribution in [1.82, 2.24) is 25.3 Å². The standard InChI is InChI=1S/C20H23N5O3/c26-18(22-13-17-6-3-11-27-17)7-10-25-9-2-5-16(14-25)20-23-19(24-28-20)15-4-1-8-21-12-15/h1,3-4,6,8,11-12,16H,2,5,7,9-10,13-14H2,(H,22,26)/t16-/m0/s1. The first-order chi connectivity index (χ1) is 13.8. The summed E-state index contributed by atoms with van der Waals surface area (Å²) in [5.74, 6) is 2.20. The maximum absolute atomic E-state index is 12.1. The molecule has 0 radical (unpaired) electrons. The zero-order chi connectivity index (χ0) is 19.2. The predicted molar refractivity (Wildman–Crippen MR) is 101 cm³/mol. The predicted octanol–water partition coefficient (Wildman–Crippen LogP) is 2.61. The molecule has 3 aromatic heterocycles. The Hall–Kier alpha value is -3.00. The van der Waals surface area contributed by atoms with Gasteiger partial charge < -0.3 is 19.2 Å². The molecule has 8 heteroatoms. The number of hydrogen-bond acceptors (Lipinski definition) is 7. The maximum Gasteiger partial charge on any atom is 0.231 e.